The minimum absolute atomic E-state index is 0.0601. The largest absolute Gasteiger partial charge is 0.480 e. The topological polar surface area (TPSA) is 74.7 Å². The second-order valence-electron chi connectivity index (χ2n) is 4.83. The number of carbonyl (C=O) groups excluding carboxylic acids is 2. The van der Waals surface area contributed by atoms with Crippen LogP contribution in [-0.4, -0.2) is 34.4 Å². The number of amides is 1. The first-order valence-corrected chi connectivity index (χ1v) is 7.45. The van der Waals surface area contributed by atoms with Gasteiger partial charge in [0.1, 0.15) is 6.54 Å². The first-order valence-electron chi connectivity index (χ1n) is 6.46. The molecule has 1 rings (SSSR count). The van der Waals surface area contributed by atoms with Gasteiger partial charge in [0.05, 0.1) is 11.4 Å². The van der Waals surface area contributed by atoms with Crippen molar-refractivity contribution in [2.75, 3.05) is 17.2 Å². The van der Waals surface area contributed by atoms with Crippen LogP contribution >= 0.6 is 11.8 Å². The molecule has 1 N–H and O–H groups in total. The molecule has 0 radical (unpaired) electrons. The van der Waals surface area contributed by atoms with Gasteiger partial charge in [0.2, 0.25) is 5.91 Å². The Morgan fingerprint density at radius 3 is 2.24 bits per heavy atom. The highest BCUT2D eigenvalue weighted by Crippen LogP contribution is 2.28. The number of rotatable bonds is 5. The van der Waals surface area contributed by atoms with Crippen LogP contribution in [0.15, 0.2) is 12.1 Å². The molecule has 21 heavy (non-hydrogen) atoms. The average Bonchev–Trinajstić information content (AvgIpc) is 2.39. The lowest BCUT2D eigenvalue weighted by molar-refractivity contribution is -0.136. The van der Waals surface area contributed by atoms with Gasteiger partial charge in [0.25, 0.3) is 0 Å². The molecule has 1 amide bonds. The number of thioether (sulfide) groups is 1. The van der Waals surface area contributed by atoms with Gasteiger partial charge in [-0.15, -0.1) is 0 Å². The number of aliphatic carboxylic acids is 1. The standard InChI is InChI=1S/C15H19NO4S/c1-9-5-6-10(2)15(11(9)3)16(7-14(19)20)13(18)8-21-12(4)17/h5-6H,7-8H2,1-4H3,(H,19,20). The molecule has 0 unspecified atom stereocenters. The molecule has 0 atom stereocenters. The van der Waals surface area contributed by atoms with Crippen molar-refractivity contribution < 1.29 is 19.5 Å². The van der Waals surface area contributed by atoms with E-state index < -0.39 is 12.5 Å². The Morgan fingerprint density at radius 2 is 1.71 bits per heavy atom. The maximum atomic E-state index is 12.3. The number of aryl methyl sites for hydroxylation is 2. The van der Waals surface area contributed by atoms with Crippen molar-refractivity contribution in [2.24, 2.45) is 0 Å². The molecule has 0 spiro atoms. The van der Waals surface area contributed by atoms with E-state index in [1.807, 2.05) is 32.9 Å². The molecule has 0 bridgehead atoms. The molecule has 0 aliphatic heterocycles. The zero-order valence-electron chi connectivity index (χ0n) is 12.6. The van der Waals surface area contributed by atoms with Crippen LogP contribution in [0.1, 0.15) is 23.6 Å². The molecule has 0 aromatic heterocycles. The van der Waals surface area contributed by atoms with E-state index in [9.17, 15) is 14.4 Å². The van der Waals surface area contributed by atoms with Gasteiger partial charge in [-0.1, -0.05) is 23.9 Å². The lowest BCUT2D eigenvalue weighted by atomic mass is 10.0. The van der Waals surface area contributed by atoms with E-state index in [1.165, 1.54) is 11.8 Å². The highest BCUT2D eigenvalue weighted by atomic mass is 32.2. The monoisotopic (exact) mass is 309 g/mol. The molecule has 0 saturated carbocycles. The third kappa shape index (κ3) is 4.60. The summed E-state index contributed by atoms with van der Waals surface area (Å²) in [6, 6.07) is 3.79. The lowest BCUT2D eigenvalue weighted by Gasteiger charge is -2.25. The predicted molar refractivity (Wildman–Crippen MR) is 83.8 cm³/mol. The van der Waals surface area contributed by atoms with Crippen molar-refractivity contribution in [3.63, 3.8) is 0 Å². The predicted octanol–water partition coefficient (Wildman–Crippen LogP) is 2.31. The van der Waals surface area contributed by atoms with Crippen LogP contribution in [0.4, 0.5) is 5.69 Å². The first kappa shape index (κ1) is 17.2. The fourth-order valence-electron chi connectivity index (χ4n) is 2.02. The Bertz CT molecular complexity index is 583. The van der Waals surface area contributed by atoms with Crippen LogP contribution in [-0.2, 0) is 14.4 Å². The maximum absolute atomic E-state index is 12.3. The van der Waals surface area contributed by atoms with Crippen LogP contribution in [0, 0.1) is 20.8 Å². The fourth-order valence-corrected chi connectivity index (χ4v) is 2.50. The molecular weight excluding hydrogens is 290 g/mol. The number of carbonyl (C=O) groups is 3. The van der Waals surface area contributed by atoms with Gasteiger partial charge in [0.15, 0.2) is 5.12 Å². The summed E-state index contributed by atoms with van der Waals surface area (Å²) < 4.78 is 0. The third-order valence-electron chi connectivity index (χ3n) is 3.17. The van der Waals surface area contributed by atoms with Crippen LogP contribution in [0.25, 0.3) is 0 Å². The Morgan fingerprint density at radius 1 is 1.14 bits per heavy atom. The van der Waals surface area contributed by atoms with Crippen LogP contribution in [0.2, 0.25) is 0 Å². The Labute approximate surface area is 128 Å². The number of benzene rings is 1. The summed E-state index contributed by atoms with van der Waals surface area (Å²) in [5, 5.41) is 8.88. The quantitative estimate of drug-likeness (QED) is 0.903. The Hall–Kier alpha value is -1.82. The third-order valence-corrected chi connectivity index (χ3v) is 3.96. The molecule has 0 fully saturated rings. The Kier molecular flexibility index (Phi) is 5.96. The van der Waals surface area contributed by atoms with Crippen molar-refractivity contribution >= 4 is 34.4 Å². The highest BCUT2D eigenvalue weighted by molar-refractivity contribution is 8.14. The molecule has 0 aliphatic rings. The second kappa shape index (κ2) is 7.26. The van der Waals surface area contributed by atoms with E-state index in [4.69, 9.17) is 5.11 Å². The molecule has 0 saturated heterocycles. The van der Waals surface area contributed by atoms with Gasteiger partial charge in [-0.3, -0.25) is 19.3 Å². The van der Waals surface area contributed by atoms with Gasteiger partial charge in [-0.2, -0.15) is 0 Å². The van der Waals surface area contributed by atoms with Crippen molar-refractivity contribution in [2.45, 2.75) is 27.7 Å². The first-order chi connectivity index (χ1) is 9.73. The molecule has 1 aromatic rings. The summed E-state index contributed by atoms with van der Waals surface area (Å²) in [4.78, 5) is 35.6. The van der Waals surface area contributed by atoms with Gasteiger partial charge < -0.3 is 5.11 Å². The minimum atomic E-state index is -1.09. The second-order valence-corrected chi connectivity index (χ2v) is 5.98. The van der Waals surface area contributed by atoms with E-state index >= 15 is 0 Å². The smallest absolute Gasteiger partial charge is 0.323 e. The van der Waals surface area contributed by atoms with E-state index in [0.717, 1.165) is 28.5 Å². The summed E-state index contributed by atoms with van der Waals surface area (Å²) >= 11 is 0.882. The zero-order valence-corrected chi connectivity index (χ0v) is 13.4. The van der Waals surface area contributed by atoms with Crippen molar-refractivity contribution in [1.29, 1.82) is 0 Å². The van der Waals surface area contributed by atoms with Gasteiger partial charge in [0, 0.05) is 6.92 Å². The summed E-state index contributed by atoms with van der Waals surface area (Å²) in [5.41, 5.74) is 3.31. The van der Waals surface area contributed by atoms with Gasteiger partial charge in [-0.25, -0.2) is 0 Å². The lowest BCUT2D eigenvalue weighted by Crippen LogP contribution is -2.38. The number of hydrogen-bond acceptors (Lipinski definition) is 4. The summed E-state index contributed by atoms with van der Waals surface area (Å²) in [6.45, 7) is 6.57. The number of carboxylic acid groups (broad SMARTS) is 1. The molecule has 6 heteroatoms. The van der Waals surface area contributed by atoms with Crippen LogP contribution in [0.5, 0.6) is 0 Å². The van der Waals surface area contributed by atoms with Crippen molar-refractivity contribution in [1.82, 2.24) is 0 Å². The molecular formula is C15H19NO4S. The minimum Gasteiger partial charge on any atom is -0.480 e. The molecule has 0 heterocycles. The summed E-state index contributed by atoms with van der Waals surface area (Å²) in [7, 11) is 0. The summed E-state index contributed by atoms with van der Waals surface area (Å²) in [5.74, 6) is -1.53. The van der Waals surface area contributed by atoms with E-state index in [-0.39, 0.29) is 16.8 Å². The fraction of sp³-hybridized carbons (Fsp3) is 0.400. The molecule has 114 valence electrons. The van der Waals surface area contributed by atoms with E-state index in [2.05, 4.69) is 0 Å². The number of hydrogen-bond donors (Lipinski definition) is 1. The number of nitrogens with zero attached hydrogens (tertiary/aromatic N) is 1. The molecule has 5 nitrogen and oxygen atoms in total. The highest BCUT2D eigenvalue weighted by Gasteiger charge is 2.23. The average molecular weight is 309 g/mol. The van der Waals surface area contributed by atoms with E-state index in [0.29, 0.717) is 5.69 Å². The van der Waals surface area contributed by atoms with Gasteiger partial charge >= 0.3 is 5.97 Å². The van der Waals surface area contributed by atoms with Gasteiger partial charge in [-0.05, 0) is 37.5 Å². The molecule has 1 aromatic carbocycles. The maximum Gasteiger partial charge on any atom is 0.323 e. The number of anilines is 1. The van der Waals surface area contributed by atoms with Crippen molar-refractivity contribution in [3.8, 4) is 0 Å². The normalized spacial score (nSPS) is 10.3. The number of carboxylic acids is 1. The van der Waals surface area contributed by atoms with Crippen LogP contribution in [0.3, 0.4) is 0 Å². The van der Waals surface area contributed by atoms with Crippen molar-refractivity contribution in [3.05, 3.63) is 28.8 Å². The Balaban J connectivity index is 3.19. The zero-order chi connectivity index (χ0) is 16.2. The summed E-state index contributed by atoms with van der Waals surface area (Å²) in [6.07, 6.45) is 0. The van der Waals surface area contributed by atoms with E-state index in [1.54, 1.807) is 0 Å². The molecule has 0 aliphatic carbocycles. The van der Waals surface area contributed by atoms with Crippen LogP contribution < -0.4 is 4.90 Å². The SMILES string of the molecule is CC(=O)SCC(=O)N(CC(=O)O)c1c(C)ccc(C)c1C.